The van der Waals surface area contributed by atoms with Crippen molar-refractivity contribution in [3.05, 3.63) is 32.6 Å². The van der Waals surface area contributed by atoms with Crippen LogP contribution in [-0.2, 0) is 30.1 Å². The number of methoxy groups -OCH3 is 1. The number of aromatic nitrogens is 2. The van der Waals surface area contributed by atoms with Crippen LogP contribution in [0.15, 0.2) is 15.8 Å². The number of hydrogen-bond acceptors (Lipinski definition) is 5. The van der Waals surface area contributed by atoms with Gasteiger partial charge in [-0.3, -0.25) is 9.36 Å². The quantitative estimate of drug-likeness (QED) is 0.596. The number of aryl methyl sites for hydroxylation is 1. The van der Waals surface area contributed by atoms with E-state index < -0.39 is 0 Å². The lowest BCUT2D eigenvalue weighted by Gasteiger charge is -2.08. The number of nitrogens with zero attached hydrogens (tertiary/aromatic N) is 2. The highest BCUT2D eigenvalue weighted by Gasteiger charge is 2.05. The molecule has 1 aromatic rings. The molecule has 0 unspecified atom stereocenters. The molecule has 0 fully saturated rings. The topological polar surface area (TPSA) is 74.5 Å². The van der Waals surface area contributed by atoms with E-state index in [2.05, 4.69) is 5.32 Å². The molecule has 7 heteroatoms. The van der Waals surface area contributed by atoms with E-state index in [0.29, 0.717) is 31.9 Å². The van der Waals surface area contributed by atoms with Crippen LogP contribution >= 0.6 is 0 Å². The van der Waals surface area contributed by atoms with Gasteiger partial charge in [-0.2, -0.15) is 0 Å². The van der Waals surface area contributed by atoms with Gasteiger partial charge in [-0.1, -0.05) is 0 Å². The van der Waals surface area contributed by atoms with E-state index in [4.69, 9.17) is 9.47 Å². The summed E-state index contributed by atoms with van der Waals surface area (Å²) in [6.45, 7) is 3.23. The molecule has 1 rings (SSSR count). The first-order valence-corrected chi connectivity index (χ1v) is 7.11. The van der Waals surface area contributed by atoms with Crippen LogP contribution in [0.1, 0.15) is 18.4 Å². The highest BCUT2D eigenvalue weighted by Crippen LogP contribution is 1.91. The van der Waals surface area contributed by atoms with Crippen LogP contribution in [-0.4, -0.2) is 42.6 Å². The summed E-state index contributed by atoms with van der Waals surface area (Å²) in [7, 11) is 4.78. The zero-order chi connectivity index (χ0) is 15.7. The molecule has 120 valence electrons. The summed E-state index contributed by atoms with van der Waals surface area (Å²) in [5.74, 6) is 0. The minimum absolute atomic E-state index is 0.242. The SMILES string of the molecule is COCCOCCCCNCc1cn(C)c(=O)n(C)c1=O. The molecule has 0 radical (unpaired) electrons. The second-order valence-corrected chi connectivity index (χ2v) is 4.90. The summed E-state index contributed by atoms with van der Waals surface area (Å²) in [5.41, 5.74) is 0.0430. The molecule has 0 aliphatic carbocycles. The maximum absolute atomic E-state index is 11.9. The first-order valence-electron chi connectivity index (χ1n) is 7.11. The van der Waals surface area contributed by atoms with E-state index in [-0.39, 0.29) is 11.2 Å². The maximum atomic E-state index is 11.9. The van der Waals surface area contributed by atoms with Crippen molar-refractivity contribution < 1.29 is 9.47 Å². The summed E-state index contributed by atoms with van der Waals surface area (Å²) in [6, 6.07) is 0. The third kappa shape index (κ3) is 5.82. The Hall–Kier alpha value is -1.44. The molecule has 21 heavy (non-hydrogen) atoms. The predicted octanol–water partition coefficient (Wildman–Crippen LogP) is -0.383. The van der Waals surface area contributed by atoms with Gasteiger partial charge in [-0.25, -0.2) is 4.79 Å². The second-order valence-electron chi connectivity index (χ2n) is 4.90. The fourth-order valence-electron chi connectivity index (χ4n) is 1.93. The van der Waals surface area contributed by atoms with Crippen molar-refractivity contribution in [2.45, 2.75) is 19.4 Å². The number of nitrogens with one attached hydrogen (secondary N) is 1. The summed E-state index contributed by atoms with van der Waals surface area (Å²) in [4.78, 5) is 23.4. The van der Waals surface area contributed by atoms with Gasteiger partial charge < -0.3 is 19.4 Å². The van der Waals surface area contributed by atoms with E-state index in [0.717, 1.165) is 24.0 Å². The van der Waals surface area contributed by atoms with Gasteiger partial charge in [0.05, 0.1) is 13.2 Å². The van der Waals surface area contributed by atoms with Gasteiger partial charge in [0, 0.05) is 46.1 Å². The van der Waals surface area contributed by atoms with Crippen LogP contribution < -0.4 is 16.6 Å². The number of ether oxygens (including phenoxy) is 2. The van der Waals surface area contributed by atoms with Crippen LogP contribution in [0.3, 0.4) is 0 Å². The zero-order valence-electron chi connectivity index (χ0n) is 13.1. The van der Waals surface area contributed by atoms with Crippen molar-refractivity contribution in [3.8, 4) is 0 Å². The molecular formula is C14H25N3O4. The maximum Gasteiger partial charge on any atom is 0.330 e. The molecule has 0 aliphatic heterocycles. The van der Waals surface area contributed by atoms with Crippen molar-refractivity contribution in [2.24, 2.45) is 14.1 Å². The molecule has 1 heterocycles. The van der Waals surface area contributed by atoms with Crippen molar-refractivity contribution in [1.82, 2.24) is 14.5 Å². The zero-order valence-corrected chi connectivity index (χ0v) is 13.1. The Balaban J connectivity index is 2.25. The predicted molar refractivity (Wildman–Crippen MR) is 80.6 cm³/mol. The number of rotatable bonds is 10. The van der Waals surface area contributed by atoms with Gasteiger partial charge in [-0.05, 0) is 19.4 Å². The second kappa shape index (κ2) is 9.49. The Bertz CT molecular complexity index is 536. The first-order chi connectivity index (χ1) is 10.1. The smallest absolute Gasteiger partial charge is 0.330 e. The Labute approximate surface area is 124 Å². The van der Waals surface area contributed by atoms with Crippen LogP contribution in [0.4, 0.5) is 0 Å². The van der Waals surface area contributed by atoms with E-state index in [1.807, 2.05) is 0 Å². The van der Waals surface area contributed by atoms with E-state index >= 15 is 0 Å². The molecular weight excluding hydrogens is 274 g/mol. The number of unbranched alkanes of at least 4 members (excludes halogenated alkanes) is 1. The van der Waals surface area contributed by atoms with Crippen LogP contribution in [0.5, 0.6) is 0 Å². The van der Waals surface area contributed by atoms with E-state index in [1.165, 1.54) is 11.6 Å². The Kier molecular flexibility index (Phi) is 7.96. The summed E-state index contributed by atoms with van der Waals surface area (Å²) in [5, 5.41) is 3.21. The fourth-order valence-corrected chi connectivity index (χ4v) is 1.93. The van der Waals surface area contributed by atoms with Crippen LogP contribution in [0, 0.1) is 0 Å². The fraction of sp³-hybridized carbons (Fsp3) is 0.714. The standard InChI is InChI=1S/C14H25N3O4/c1-16-11-12(13(18)17(2)14(16)19)10-15-6-4-5-7-21-9-8-20-3/h11,15H,4-10H2,1-3H3. The summed E-state index contributed by atoms with van der Waals surface area (Å²) in [6.07, 6.45) is 3.52. The monoisotopic (exact) mass is 299 g/mol. The summed E-state index contributed by atoms with van der Waals surface area (Å²) < 4.78 is 12.8. The minimum Gasteiger partial charge on any atom is -0.382 e. The van der Waals surface area contributed by atoms with Gasteiger partial charge in [0.2, 0.25) is 0 Å². The molecule has 0 atom stereocenters. The molecule has 0 aliphatic rings. The van der Waals surface area contributed by atoms with Gasteiger partial charge in [0.1, 0.15) is 0 Å². The molecule has 0 spiro atoms. The molecule has 0 bridgehead atoms. The minimum atomic E-state index is -0.308. The Morgan fingerprint density at radius 3 is 2.62 bits per heavy atom. The van der Waals surface area contributed by atoms with E-state index in [1.54, 1.807) is 20.4 Å². The largest absolute Gasteiger partial charge is 0.382 e. The van der Waals surface area contributed by atoms with Crippen molar-refractivity contribution >= 4 is 0 Å². The Morgan fingerprint density at radius 1 is 1.14 bits per heavy atom. The third-order valence-corrected chi connectivity index (χ3v) is 3.16. The molecule has 0 saturated carbocycles. The molecule has 1 aromatic heterocycles. The highest BCUT2D eigenvalue weighted by molar-refractivity contribution is 5.05. The molecule has 0 amide bonds. The van der Waals surface area contributed by atoms with Gasteiger partial charge in [0.15, 0.2) is 0 Å². The summed E-state index contributed by atoms with van der Waals surface area (Å²) >= 11 is 0. The average Bonchev–Trinajstić information content (AvgIpc) is 2.48. The lowest BCUT2D eigenvalue weighted by molar-refractivity contribution is 0.0688. The molecule has 0 saturated heterocycles. The van der Waals surface area contributed by atoms with Crippen LogP contribution in [0.25, 0.3) is 0 Å². The van der Waals surface area contributed by atoms with Gasteiger partial charge in [0.25, 0.3) is 5.56 Å². The number of hydrogen-bond donors (Lipinski definition) is 1. The lowest BCUT2D eigenvalue weighted by atomic mass is 10.3. The van der Waals surface area contributed by atoms with Crippen LogP contribution in [0.2, 0.25) is 0 Å². The molecule has 7 nitrogen and oxygen atoms in total. The van der Waals surface area contributed by atoms with Crippen molar-refractivity contribution in [1.29, 1.82) is 0 Å². The van der Waals surface area contributed by atoms with Gasteiger partial charge in [-0.15, -0.1) is 0 Å². The molecule has 1 N–H and O–H groups in total. The molecule has 0 aromatic carbocycles. The normalized spacial score (nSPS) is 11.0. The first kappa shape index (κ1) is 17.6. The Morgan fingerprint density at radius 2 is 1.90 bits per heavy atom. The van der Waals surface area contributed by atoms with Gasteiger partial charge >= 0.3 is 5.69 Å². The van der Waals surface area contributed by atoms with E-state index in [9.17, 15) is 9.59 Å². The van der Waals surface area contributed by atoms with Crippen molar-refractivity contribution in [2.75, 3.05) is 33.5 Å². The van der Waals surface area contributed by atoms with Crippen molar-refractivity contribution in [3.63, 3.8) is 0 Å². The average molecular weight is 299 g/mol. The highest BCUT2D eigenvalue weighted by atomic mass is 16.5. The third-order valence-electron chi connectivity index (χ3n) is 3.16. The lowest BCUT2D eigenvalue weighted by Crippen LogP contribution is -2.39.